The van der Waals surface area contributed by atoms with Gasteiger partial charge in [0.1, 0.15) is 6.54 Å². The zero-order chi connectivity index (χ0) is 17.4. The van der Waals surface area contributed by atoms with Crippen LogP contribution in [-0.2, 0) is 14.3 Å². The third kappa shape index (κ3) is 3.22. The second-order valence-corrected chi connectivity index (χ2v) is 7.94. The number of amides is 1. The Labute approximate surface area is 146 Å². The van der Waals surface area contributed by atoms with Crippen LogP contribution in [0.25, 0.3) is 0 Å². The molecule has 4 bridgehead atoms. The molecule has 4 aliphatic carbocycles. The molecule has 4 saturated carbocycles. The van der Waals surface area contributed by atoms with Crippen molar-refractivity contribution in [2.45, 2.75) is 38.5 Å². The van der Waals surface area contributed by atoms with E-state index in [2.05, 4.69) is 5.32 Å². The van der Waals surface area contributed by atoms with E-state index in [0.29, 0.717) is 17.8 Å². The van der Waals surface area contributed by atoms with E-state index in [1.54, 1.807) is 6.07 Å². The second kappa shape index (κ2) is 6.32. The van der Waals surface area contributed by atoms with E-state index in [0.717, 1.165) is 19.3 Å². The van der Waals surface area contributed by atoms with Gasteiger partial charge in [0.15, 0.2) is 18.2 Å². The third-order valence-electron chi connectivity index (χ3n) is 6.13. The molecule has 6 heteroatoms. The van der Waals surface area contributed by atoms with E-state index in [9.17, 15) is 14.4 Å². The van der Waals surface area contributed by atoms with Gasteiger partial charge in [-0.2, -0.15) is 0 Å². The van der Waals surface area contributed by atoms with Gasteiger partial charge in [-0.3, -0.25) is 14.4 Å². The Balaban J connectivity index is 1.26. The fourth-order valence-electron chi connectivity index (χ4n) is 5.45. The molecular weight excluding hydrogens is 322 g/mol. The lowest BCUT2D eigenvalue weighted by atomic mass is 9.48. The molecule has 1 heterocycles. The van der Waals surface area contributed by atoms with Crippen LogP contribution in [0.4, 0.5) is 0 Å². The summed E-state index contributed by atoms with van der Waals surface area (Å²) in [6.07, 6.45) is 8.08. The number of Topliss-reactive ketones (excluding diaryl/α,β-unsaturated/α-hetero) is 1. The minimum absolute atomic E-state index is 0.0670. The molecule has 0 spiro atoms. The number of carbonyl (C=O) groups excluding carboxylic acids is 3. The molecule has 5 rings (SSSR count). The number of rotatable bonds is 6. The fraction of sp³-hybridized carbons (Fsp3) is 0.632. The molecule has 0 unspecified atom stereocenters. The van der Waals surface area contributed by atoms with Gasteiger partial charge in [0.2, 0.25) is 0 Å². The summed E-state index contributed by atoms with van der Waals surface area (Å²) in [4.78, 5) is 36.3. The van der Waals surface area contributed by atoms with E-state index in [1.807, 2.05) is 0 Å². The van der Waals surface area contributed by atoms with Crippen molar-refractivity contribution in [3.05, 3.63) is 24.2 Å². The summed E-state index contributed by atoms with van der Waals surface area (Å²) < 4.78 is 10.1. The molecule has 1 N–H and O–H groups in total. The summed E-state index contributed by atoms with van der Waals surface area (Å²) in [5, 5.41) is 2.43. The number of furan rings is 1. The molecule has 1 aromatic heterocycles. The Kier molecular flexibility index (Phi) is 4.13. The van der Waals surface area contributed by atoms with E-state index >= 15 is 0 Å². The van der Waals surface area contributed by atoms with Crippen molar-refractivity contribution in [1.29, 1.82) is 0 Å². The summed E-state index contributed by atoms with van der Waals surface area (Å²) in [7, 11) is 0. The SMILES string of the molecule is O=C(CNC(=O)c1ccco1)OCC(=O)C12CC3CC(CC(C3)C1)C2. The number of carbonyl (C=O) groups is 3. The van der Waals surface area contributed by atoms with E-state index in [1.165, 1.54) is 31.6 Å². The Morgan fingerprint density at radius 3 is 2.32 bits per heavy atom. The van der Waals surface area contributed by atoms with Gasteiger partial charge in [-0.25, -0.2) is 0 Å². The van der Waals surface area contributed by atoms with Crippen LogP contribution < -0.4 is 5.32 Å². The van der Waals surface area contributed by atoms with Crippen LogP contribution in [0.2, 0.25) is 0 Å². The summed E-state index contributed by atoms with van der Waals surface area (Å²) >= 11 is 0. The van der Waals surface area contributed by atoms with Gasteiger partial charge >= 0.3 is 5.97 Å². The van der Waals surface area contributed by atoms with Crippen LogP contribution in [0.3, 0.4) is 0 Å². The van der Waals surface area contributed by atoms with Crippen LogP contribution in [-0.4, -0.2) is 30.8 Å². The zero-order valence-corrected chi connectivity index (χ0v) is 14.2. The number of nitrogens with one attached hydrogen (secondary N) is 1. The Bertz CT molecular complexity index is 643. The Morgan fingerprint density at radius 2 is 1.76 bits per heavy atom. The highest BCUT2D eigenvalue weighted by atomic mass is 16.5. The van der Waals surface area contributed by atoms with Gasteiger partial charge in [0, 0.05) is 5.41 Å². The van der Waals surface area contributed by atoms with Crippen molar-refractivity contribution in [1.82, 2.24) is 5.32 Å². The average molecular weight is 345 g/mol. The predicted octanol–water partition coefficient (Wildman–Crippen LogP) is 2.34. The molecule has 6 nitrogen and oxygen atoms in total. The van der Waals surface area contributed by atoms with E-state index in [-0.39, 0.29) is 30.1 Å². The first-order chi connectivity index (χ1) is 12.0. The van der Waals surface area contributed by atoms with Gasteiger partial charge in [0.05, 0.1) is 6.26 Å². The first-order valence-electron chi connectivity index (χ1n) is 9.05. The Hall–Kier alpha value is -2.11. The first-order valence-corrected chi connectivity index (χ1v) is 9.05. The molecule has 1 aromatic rings. The number of ketones is 1. The highest BCUT2D eigenvalue weighted by molar-refractivity contribution is 5.94. The molecule has 134 valence electrons. The number of esters is 1. The molecule has 0 aromatic carbocycles. The highest BCUT2D eigenvalue weighted by Gasteiger charge is 2.54. The normalized spacial score (nSPS) is 32.4. The summed E-state index contributed by atoms with van der Waals surface area (Å²) in [5.41, 5.74) is -0.257. The van der Waals surface area contributed by atoms with Crippen molar-refractivity contribution in [3.8, 4) is 0 Å². The quantitative estimate of drug-likeness (QED) is 0.800. The van der Waals surface area contributed by atoms with Crippen molar-refractivity contribution in [2.75, 3.05) is 13.2 Å². The maximum absolute atomic E-state index is 12.7. The first kappa shape index (κ1) is 16.4. The second-order valence-electron chi connectivity index (χ2n) is 7.94. The largest absolute Gasteiger partial charge is 0.459 e. The van der Waals surface area contributed by atoms with Crippen LogP contribution in [0, 0.1) is 23.2 Å². The minimum Gasteiger partial charge on any atom is -0.459 e. The topological polar surface area (TPSA) is 85.6 Å². The van der Waals surface area contributed by atoms with Crippen LogP contribution in [0.5, 0.6) is 0 Å². The zero-order valence-electron chi connectivity index (χ0n) is 14.2. The summed E-state index contributed by atoms with van der Waals surface area (Å²) in [6.45, 7) is -0.449. The number of hydrogen-bond acceptors (Lipinski definition) is 5. The van der Waals surface area contributed by atoms with E-state index in [4.69, 9.17) is 9.15 Å². The van der Waals surface area contributed by atoms with E-state index < -0.39 is 11.9 Å². The molecule has 4 aliphatic rings. The van der Waals surface area contributed by atoms with Crippen molar-refractivity contribution < 1.29 is 23.5 Å². The standard InChI is InChI=1S/C19H23NO5/c21-16(19-7-12-4-13(8-19)6-14(5-12)9-19)11-25-17(22)10-20-18(23)15-2-1-3-24-15/h1-3,12-14H,4-11H2,(H,20,23). The monoisotopic (exact) mass is 345 g/mol. The van der Waals surface area contributed by atoms with Crippen molar-refractivity contribution in [2.24, 2.45) is 23.2 Å². The predicted molar refractivity (Wildman–Crippen MR) is 87.6 cm³/mol. The molecule has 0 radical (unpaired) electrons. The molecule has 0 aliphatic heterocycles. The molecule has 0 saturated heterocycles. The summed E-state index contributed by atoms with van der Waals surface area (Å²) in [5.74, 6) is 1.16. The molecular formula is C19H23NO5. The van der Waals surface area contributed by atoms with Gasteiger partial charge in [-0.05, 0) is 68.4 Å². The van der Waals surface area contributed by atoms with Crippen LogP contribution in [0.1, 0.15) is 49.1 Å². The molecule has 1 amide bonds. The van der Waals surface area contributed by atoms with Gasteiger partial charge in [-0.1, -0.05) is 0 Å². The highest BCUT2D eigenvalue weighted by Crippen LogP contribution is 2.60. The fourth-order valence-corrected chi connectivity index (χ4v) is 5.45. The lowest BCUT2D eigenvalue weighted by molar-refractivity contribution is -0.157. The maximum Gasteiger partial charge on any atom is 0.325 e. The van der Waals surface area contributed by atoms with Gasteiger partial charge in [-0.15, -0.1) is 0 Å². The summed E-state index contributed by atoms with van der Waals surface area (Å²) in [6, 6.07) is 3.11. The third-order valence-corrected chi connectivity index (χ3v) is 6.13. The maximum atomic E-state index is 12.7. The lowest BCUT2D eigenvalue weighted by Crippen LogP contribution is -2.51. The van der Waals surface area contributed by atoms with Crippen molar-refractivity contribution in [3.63, 3.8) is 0 Å². The van der Waals surface area contributed by atoms with Gasteiger partial charge < -0.3 is 14.5 Å². The smallest absolute Gasteiger partial charge is 0.325 e. The Morgan fingerprint density at radius 1 is 1.12 bits per heavy atom. The van der Waals surface area contributed by atoms with Crippen LogP contribution >= 0.6 is 0 Å². The minimum atomic E-state index is -0.599. The molecule has 25 heavy (non-hydrogen) atoms. The van der Waals surface area contributed by atoms with Gasteiger partial charge in [0.25, 0.3) is 5.91 Å². The lowest BCUT2D eigenvalue weighted by Gasteiger charge is -2.55. The molecule has 0 atom stereocenters. The van der Waals surface area contributed by atoms with Crippen molar-refractivity contribution >= 4 is 17.7 Å². The molecule has 4 fully saturated rings. The average Bonchev–Trinajstić information content (AvgIpc) is 3.11. The number of ether oxygens (including phenoxy) is 1. The number of hydrogen-bond donors (Lipinski definition) is 1. The van der Waals surface area contributed by atoms with Crippen LogP contribution in [0.15, 0.2) is 22.8 Å².